The van der Waals surface area contributed by atoms with Crippen LogP contribution in [0.2, 0.25) is 0 Å². The van der Waals surface area contributed by atoms with Crippen molar-refractivity contribution in [1.82, 2.24) is 26.2 Å². The first-order valence-electron chi connectivity index (χ1n) is 16.3. The molecule has 1 saturated heterocycles. The summed E-state index contributed by atoms with van der Waals surface area (Å²) in [5, 5.41) is 23.9. The highest BCUT2D eigenvalue weighted by atomic mass is 32.2. The number of aliphatic hydroxyl groups is 1. The number of amides is 3. The maximum Gasteiger partial charge on any atom is 0.243 e. The molecule has 0 radical (unpaired) electrons. The molecule has 3 amide bonds. The van der Waals surface area contributed by atoms with Crippen LogP contribution < -0.4 is 21.3 Å². The molecule has 10 heteroatoms. The summed E-state index contributed by atoms with van der Waals surface area (Å²) in [7, 11) is 1.70. The summed E-state index contributed by atoms with van der Waals surface area (Å²) >= 11 is 1.57. The molecule has 0 unspecified atom stereocenters. The van der Waals surface area contributed by atoms with Crippen LogP contribution in [0.25, 0.3) is 0 Å². The van der Waals surface area contributed by atoms with E-state index < -0.39 is 29.6 Å². The molecule has 0 aromatic heterocycles. The van der Waals surface area contributed by atoms with Gasteiger partial charge in [0.1, 0.15) is 6.04 Å². The second kappa shape index (κ2) is 15.9. The number of fused-ring (bicyclic) bond motifs is 1. The van der Waals surface area contributed by atoms with Crippen LogP contribution in [-0.2, 0) is 14.4 Å². The van der Waals surface area contributed by atoms with E-state index in [-0.39, 0.29) is 35.8 Å². The highest BCUT2D eigenvalue weighted by Gasteiger charge is 2.42. The number of carbonyl (C=O) groups is 3. The van der Waals surface area contributed by atoms with Crippen LogP contribution in [0.1, 0.15) is 80.6 Å². The van der Waals surface area contributed by atoms with Crippen molar-refractivity contribution in [1.29, 1.82) is 0 Å². The van der Waals surface area contributed by atoms with Crippen LogP contribution >= 0.6 is 11.8 Å². The number of likely N-dealkylation sites (N-methyl/N-ethyl adjacent to an activating group) is 1. The van der Waals surface area contributed by atoms with E-state index >= 15 is 0 Å². The van der Waals surface area contributed by atoms with E-state index in [1.807, 2.05) is 71.9 Å². The van der Waals surface area contributed by atoms with Crippen LogP contribution in [0.3, 0.4) is 0 Å². The van der Waals surface area contributed by atoms with E-state index in [1.165, 1.54) is 12.8 Å². The molecule has 1 aromatic rings. The normalized spacial score (nSPS) is 23.9. The highest BCUT2D eigenvalue weighted by molar-refractivity contribution is 7.99. The minimum Gasteiger partial charge on any atom is -0.390 e. The number of likely N-dealkylation sites (tertiary alicyclic amines) is 1. The topological polar surface area (TPSA) is 123 Å². The van der Waals surface area contributed by atoms with Crippen molar-refractivity contribution >= 4 is 29.5 Å². The Morgan fingerprint density at radius 1 is 0.977 bits per heavy atom. The van der Waals surface area contributed by atoms with Crippen LogP contribution in [0.15, 0.2) is 35.2 Å². The Morgan fingerprint density at radius 3 is 2.20 bits per heavy atom. The largest absolute Gasteiger partial charge is 0.390 e. The molecule has 3 rings (SSSR count). The summed E-state index contributed by atoms with van der Waals surface area (Å²) in [5.74, 6) is 0.875. The number of hydrogen-bond acceptors (Lipinski definition) is 7. The highest BCUT2D eigenvalue weighted by Crippen LogP contribution is 2.39. The van der Waals surface area contributed by atoms with Crippen molar-refractivity contribution in [2.24, 2.45) is 17.3 Å². The monoisotopic (exact) mass is 631 g/mol. The number of piperidine rings is 1. The standard InChI is InChI=1S/C34H57N5O4S/c1-22(35-8)30(41)37-29(33(2,3)4)32(43)36-26(21-44-25-16-10-9-11-17-25)28(40)20-39-19-24-15-13-12-14-23(24)18-27(39)31(42)38-34(5,6)7/h9-11,16-17,22-24,26-29,35,40H,12-15,18-21H2,1-8H3,(H,36,43)(H,37,41)(H,38,42)/t22-,23+,24-,26+,27+,28-,29-/m1/s1. The number of rotatable bonds is 12. The number of hydrogen-bond donors (Lipinski definition) is 5. The first-order chi connectivity index (χ1) is 20.6. The smallest absolute Gasteiger partial charge is 0.243 e. The maximum absolute atomic E-state index is 13.8. The van der Waals surface area contributed by atoms with E-state index in [4.69, 9.17) is 0 Å². The molecule has 5 N–H and O–H groups in total. The van der Waals surface area contributed by atoms with Crippen LogP contribution in [-0.4, -0.2) is 89.4 Å². The third kappa shape index (κ3) is 10.7. The summed E-state index contributed by atoms with van der Waals surface area (Å²) < 4.78 is 0. The Morgan fingerprint density at radius 2 is 1.61 bits per heavy atom. The van der Waals surface area contributed by atoms with Gasteiger partial charge in [-0.3, -0.25) is 19.3 Å². The van der Waals surface area contributed by atoms with Crippen molar-refractivity contribution in [3.05, 3.63) is 30.3 Å². The molecule has 0 spiro atoms. The van der Waals surface area contributed by atoms with Gasteiger partial charge in [-0.25, -0.2) is 0 Å². The Bertz CT molecular complexity index is 1090. The predicted molar refractivity (Wildman–Crippen MR) is 178 cm³/mol. The zero-order valence-corrected chi connectivity index (χ0v) is 28.9. The van der Waals surface area contributed by atoms with Crippen molar-refractivity contribution in [2.75, 3.05) is 25.9 Å². The number of aliphatic hydroxyl groups excluding tert-OH is 1. The number of thioether (sulfide) groups is 1. The summed E-state index contributed by atoms with van der Waals surface area (Å²) in [6.07, 6.45) is 4.57. The molecular weight excluding hydrogens is 574 g/mol. The lowest BCUT2D eigenvalue weighted by Crippen LogP contribution is -2.62. The SMILES string of the molecule is CN[C@H](C)C(=O)N[C@H](C(=O)N[C@@H](CSc1ccccc1)[C@H](O)CN1C[C@H]2CCCC[C@H]2C[C@H]1C(=O)NC(C)(C)C)C(C)(C)C. The van der Waals surface area contributed by atoms with Gasteiger partial charge < -0.3 is 26.4 Å². The fourth-order valence-electron chi connectivity index (χ4n) is 6.29. The third-order valence-electron chi connectivity index (χ3n) is 8.93. The summed E-state index contributed by atoms with van der Waals surface area (Å²) in [5.41, 5.74) is -0.918. The number of benzene rings is 1. The molecule has 1 aromatic carbocycles. The first-order valence-corrected chi connectivity index (χ1v) is 17.3. The molecule has 1 aliphatic carbocycles. The molecular formula is C34H57N5O4S. The molecule has 1 aliphatic heterocycles. The molecule has 0 bridgehead atoms. The van der Waals surface area contributed by atoms with Gasteiger partial charge in [0, 0.05) is 29.3 Å². The second-order valence-electron chi connectivity index (χ2n) is 14.9. The van der Waals surface area contributed by atoms with Gasteiger partial charge in [-0.2, -0.15) is 0 Å². The quantitative estimate of drug-likeness (QED) is 0.224. The minimum absolute atomic E-state index is 0.00197. The van der Waals surface area contributed by atoms with Gasteiger partial charge in [0.15, 0.2) is 0 Å². The van der Waals surface area contributed by atoms with Crippen LogP contribution in [0.5, 0.6) is 0 Å². The van der Waals surface area contributed by atoms with Gasteiger partial charge in [-0.15, -0.1) is 11.8 Å². The first kappa shape index (κ1) is 36.3. The number of β-amino-alcohol motifs (C(OH)–C–C–N with tert-alkyl or cyclic N) is 1. The van der Waals surface area contributed by atoms with Gasteiger partial charge in [-0.05, 0) is 77.0 Å². The molecule has 9 nitrogen and oxygen atoms in total. The summed E-state index contributed by atoms with van der Waals surface area (Å²) in [6, 6.07) is 7.71. The van der Waals surface area contributed by atoms with E-state index in [9.17, 15) is 19.5 Å². The van der Waals surface area contributed by atoms with Crippen molar-refractivity contribution in [2.45, 2.75) is 121 Å². The van der Waals surface area contributed by atoms with Gasteiger partial charge >= 0.3 is 0 Å². The Balaban J connectivity index is 1.84. The molecule has 248 valence electrons. The number of carbonyl (C=O) groups excluding carboxylic acids is 3. The van der Waals surface area contributed by atoms with Crippen molar-refractivity contribution in [3.63, 3.8) is 0 Å². The Hall–Kier alpha value is -2.14. The summed E-state index contributed by atoms with van der Waals surface area (Å²) in [6.45, 7) is 14.5. The van der Waals surface area contributed by atoms with E-state index in [0.29, 0.717) is 17.6 Å². The molecule has 1 saturated carbocycles. The van der Waals surface area contributed by atoms with Crippen LogP contribution in [0, 0.1) is 17.3 Å². The van der Waals surface area contributed by atoms with Gasteiger partial charge in [0.2, 0.25) is 17.7 Å². The predicted octanol–water partition coefficient (Wildman–Crippen LogP) is 3.56. The summed E-state index contributed by atoms with van der Waals surface area (Å²) in [4.78, 5) is 43.4. The van der Waals surface area contributed by atoms with E-state index in [0.717, 1.165) is 30.7 Å². The van der Waals surface area contributed by atoms with Gasteiger partial charge in [-0.1, -0.05) is 58.2 Å². The fourth-order valence-corrected chi connectivity index (χ4v) is 7.31. The van der Waals surface area contributed by atoms with E-state index in [1.54, 1.807) is 25.7 Å². The fraction of sp³-hybridized carbons (Fsp3) is 0.735. The maximum atomic E-state index is 13.8. The Labute approximate surface area is 269 Å². The van der Waals surface area contributed by atoms with Crippen molar-refractivity contribution in [3.8, 4) is 0 Å². The molecule has 44 heavy (non-hydrogen) atoms. The molecule has 7 atom stereocenters. The average molecular weight is 632 g/mol. The average Bonchev–Trinajstić information content (AvgIpc) is 2.95. The van der Waals surface area contributed by atoms with E-state index in [2.05, 4.69) is 26.2 Å². The lowest BCUT2D eigenvalue weighted by molar-refractivity contribution is -0.134. The lowest BCUT2D eigenvalue weighted by atomic mass is 9.72. The van der Waals surface area contributed by atoms with Crippen molar-refractivity contribution < 1.29 is 19.5 Å². The van der Waals surface area contributed by atoms with Crippen LogP contribution in [0.4, 0.5) is 0 Å². The third-order valence-corrected chi connectivity index (χ3v) is 10.1. The second-order valence-corrected chi connectivity index (χ2v) is 16.0. The Kier molecular flexibility index (Phi) is 13.1. The van der Waals surface area contributed by atoms with Gasteiger partial charge in [0.05, 0.1) is 24.2 Å². The zero-order valence-electron chi connectivity index (χ0n) is 28.1. The molecule has 2 fully saturated rings. The zero-order chi connectivity index (χ0) is 32.7. The lowest BCUT2D eigenvalue weighted by Gasteiger charge is -2.47. The van der Waals surface area contributed by atoms with Gasteiger partial charge in [0.25, 0.3) is 0 Å². The molecule has 1 heterocycles. The molecule has 2 aliphatic rings. The number of nitrogens with zero attached hydrogens (tertiary/aromatic N) is 1. The number of nitrogens with one attached hydrogen (secondary N) is 4. The minimum atomic E-state index is -0.923.